The third-order valence-corrected chi connectivity index (χ3v) is 7.50. The fourth-order valence-electron chi connectivity index (χ4n) is 5.82. The van der Waals surface area contributed by atoms with Gasteiger partial charge in [0.05, 0.1) is 5.41 Å². The molecular formula is C28H37N3O2. The molecule has 0 N–H and O–H groups in total. The van der Waals surface area contributed by atoms with Crippen LogP contribution in [0, 0.1) is 11.3 Å². The van der Waals surface area contributed by atoms with Gasteiger partial charge in [-0.25, -0.2) is 0 Å². The topological polar surface area (TPSA) is 53.5 Å². The molecule has 2 fully saturated rings. The van der Waals surface area contributed by atoms with Crippen LogP contribution in [-0.2, 0) is 16.0 Å². The van der Waals surface area contributed by atoms with Crippen LogP contribution < -0.4 is 0 Å². The molecule has 0 radical (unpaired) electrons. The van der Waals surface area contributed by atoms with E-state index in [9.17, 15) is 9.59 Å². The van der Waals surface area contributed by atoms with E-state index in [1.165, 1.54) is 32.1 Å². The molecule has 4 rings (SSSR count). The Balaban J connectivity index is 1.60. The number of carbonyl (C=O) groups is 2. The molecule has 2 heterocycles. The van der Waals surface area contributed by atoms with Gasteiger partial charge in [-0.15, -0.1) is 0 Å². The lowest BCUT2D eigenvalue weighted by Gasteiger charge is -2.43. The molecule has 2 aromatic rings. The second kappa shape index (κ2) is 10.5. The van der Waals surface area contributed by atoms with E-state index in [1.807, 2.05) is 43.4 Å². The van der Waals surface area contributed by atoms with Crippen LogP contribution in [0.4, 0.5) is 0 Å². The van der Waals surface area contributed by atoms with Crippen molar-refractivity contribution < 1.29 is 9.59 Å². The first-order valence-corrected chi connectivity index (χ1v) is 12.5. The maximum atomic E-state index is 13.6. The summed E-state index contributed by atoms with van der Waals surface area (Å²) in [6, 6.07) is 12.3. The van der Waals surface area contributed by atoms with Crippen molar-refractivity contribution in [2.45, 2.75) is 57.8 Å². The zero-order chi connectivity index (χ0) is 23.3. The second-order valence-electron chi connectivity index (χ2n) is 10.2. The van der Waals surface area contributed by atoms with E-state index >= 15 is 0 Å². The van der Waals surface area contributed by atoms with Crippen LogP contribution in [0.25, 0.3) is 11.1 Å². The van der Waals surface area contributed by atoms with Crippen LogP contribution in [0.1, 0.15) is 56.9 Å². The number of pyridine rings is 1. The van der Waals surface area contributed by atoms with E-state index in [2.05, 4.69) is 23.2 Å². The van der Waals surface area contributed by atoms with Gasteiger partial charge in [-0.2, -0.15) is 0 Å². The number of hydrogen-bond donors (Lipinski definition) is 0. The first kappa shape index (κ1) is 23.5. The zero-order valence-corrected chi connectivity index (χ0v) is 20.1. The predicted molar refractivity (Wildman–Crippen MR) is 132 cm³/mol. The van der Waals surface area contributed by atoms with Crippen LogP contribution in [0.2, 0.25) is 0 Å². The van der Waals surface area contributed by atoms with Gasteiger partial charge in [0.25, 0.3) is 0 Å². The smallest absolute Gasteiger partial charge is 0.230 e. The summed E-state index contributed by atoms with van der Waals surface area (Å²) in [6.07, 6.45) is 12.7. The minimum Gasteiger partial charge on any atom is -0.348 e. The maximum absolute atomic E-state index is 13.6. The van der Waals surface area contributed by atoms with Crippen LogP contribution in [0.5, 0.6) is 0 Å². The molecule has 33 heavy (non-hydrogen) atoms. The quantitative estimate of drug-likeness (QED) is 0.629. The molecule has 0 spiro atoms. The molecular weight excluding hydrogens is 410 g/mol. The van der Waals surface area contributed by atoms with E-state index in [4.69, 9.17) is 0 Å². The van der Waals surface area contributed by atoms with Gasteiger partial charge in [0, 0.05) is 51.6 Å². The van der Waals surface area contributed by atoms with E-state index in [0.29, 0.717) is 25.3 Å². The highest BCUT2D eigenvalue weighted by Crippen LogP contribution is 2.39. The molecule has 2 amide bonds. The molecule has 1 aliphatic carbocycles. The summed E-state index contributed by atoms with van der Waals surface area (Å²) in [7, 11) is 3.67. The Morgan fingerprint density at radius 2 is 1.85 bits per heavy atom. The minimum atomic E-state index is -0.595. The number of benzene rings is 1. The van der Waals surface area contributed by atoms with Gasteiger partial charge in [0.15, 0.2) is 0 Å². The fraction of sp³-hybridized carbons (Fsp3) is 0.536. The summed E-state index contributed by atoms with van der Waals surface area (Å²) < 4.78 is 0. The van der Waals surface area contributed by atoms with Crippen LogP contribution >= 0.6 is 0 Å². The van der Waals surface area contributed by atoms with E-state index < -0.39 is 5.41 Å². The van der Waals surface area contributed by atoms with Crippen molar-refractivity contribution in [3.63, 3.8) is 0 Å². The molecule has 1 atom stereocenters. The van der Waals surface area contributed by atoms with Gasteiger partial charge in [-0.05, 0) is 55.2 Å². The molecule has 1 aliphatic heterocycles. The van der Waals surface area contributed by atoms with Gasteiger partial charge >= 0.3 is 0 Å². The Hall–Kier alpha value is -2.69. The van der Waals surface area contributed by atoms with Crippen LogP contribution in [-0.4, -0.2) is 53.8 Å². The van der Waals surface area contributed by atoms with Crippen molar-refractivity contribution in [1.82, 2.24) is 14.8 Å². The second-order valence-corrected chi connectivity index (χ2v) is 10.2. The minimum absolute atomic E-state index is 0.124. The molecule has 176 valence electrons. The first-order chi connectivity index (χ1) is 16.0. The maximum Gasteiger partial charge on any atom is 0.230 e. The SMILES string of the molecule is CN(C)C(=O)C1(Cc2ccccc2-c2cccnc2)CCCN(C(=O)CC2CCCCC2)C1. The normalized spacial score (nSPS) is 21.6. The lowest BCUT2D eigenvalue weighted by molar-refractivity contribution is -0.147. The van der Waals surface area contributed by atoms with Crippen molar-refractivity contribution in [2.75, 3.05) is 27.2 Å². The van der Waals surface area contributed by atoms with Crippen LogP contribution in [0.15, 0.2) is 48.8 Å². The van der Waals surface area contributed by atoms with E-state index in [0.717, 1.165) is 36.1 Å². The molecule has 5 nitrogen and oxygen atoms in total. The van der Waals surface area contributed by atoms with Gasteiger partial charge in [-0.3, -0.25) is 14.6 Å². The molecule has 1 aromatic heterocycles. The molecule has 1 aromatic carbocycles. The van der Waals surface area contributed by atoms with Crippen molar-refractivity contribution in [2.24, 2.45) is 11.3 Å². The van der Waals surface area contributed by atoms with Gasteiger partial charge < -0.3 is 9.80 Å². The van der Waals surface area contributed by atoms with Crippen molar-refractivity contribution in [3.8, 4) is 11.1 Å². The first-order valence-electron chi connectivity index (χ1n) is 12.5. The Morgan fingerprint density at radius 1 is 1.06 bits per heavy atom. The molecule has 0 bridgehead atoms. The van der Waals surface area contributed by atoms with E-state index in [-0.39, 0.29) is 11.8 Å². The number of nitrogens with zero attached hydrogens (tertiary/aromatic N) is 3. The summed E-state index contributed by atoms with van der Waals surface area (Å²) in [5.41, 5.74) is 2.72. The van der Waals surface area contributed by atoms with Crippen molar-refractivity contribution in [1.29, 1.82) is 0 Å². The Bertz CT molecular complexity index is 953. The van der Waals surface area contributed by atoms with Crippen molar-refractivity contribution in [3.05, 3.63) is 54.4 Å². The molecule has 1 saturated heterocycles. The Kier molecular flexibility index (Phi) is 7.46. The zero-order valence-electron chi connectivity index (χ0n) is 20.1. The number of hydrogen-bond acceptors (Lipinski definition) is 3. The van der Waals surface area contributed by atoms with Crippen LogP contribution in [0.3, 0.4) is 0 Å². The summed E-state index contributed by atoms with van der Waals surface area (Å²) in [5, 5.41) is 0. The monoisotopic (exact) mass is 447 g/mol. The highest BCUT2D eigenvalue weighted by Gasteiger charge is 2.44. The van der Waals surface area contributed by atoms with Gasteiger partial charge in [0.2, 0.25) is 11.8 Å². The third kappa shape index (κ3) is 5.45. The third-order valence-electron chi connectivity index (χ3n) is 7.50. The lowest BCUT2D eigenvalue weighted by Crippen LogP contribution is -2.54. The number of aromatic nitrogens is 1. The average molecular weight is 448 g/mol. The summed E-state index contributed by atoms with van der Waals surface area (Å²) in [5.74, 6) is 0.871. The Morgan fingerprint density at radius 3 is 2.58 bits per heavy atom. The average Bonchev–Trinajstić information content (AvgIpc) is 2.85. The summed E-state index contributed by atoms with van der Waals surface area (Å²) >= 11 is 0. The summed E-state index contributed by atoms with van der Waals surface area (Å²) in [6.45, 7) is 1.27. The highest BCUT2D eigenvalue weighted by atomic mass is 16.2. The lowest BCUT2D eigenvalue weighted by atomic mass is 9.72. The Labute approximate surface area is 198 Å². The largest absolute Gasteiger partial charge is 0.348 e. The standard InChI is InChI=1S/C28H37N3O2/c1-30(2)27(33)28(19-23-12-6-7-14-25(23)24-13-8-16-29-20-24)15-9-17-31(21-28)26(32)18-22-10-4-3-5-11-22/h6-8,12-14,16,20,22H,3-5,9-11,15,17-19,21H2,1-2H3. The number of amides is 2. The van der Waals surface area contributed by atoms with Gasteiger partial charge in [-0.1, -0.05) is 49.6 Å². The number of piperidine rings is 1. The molecule has 1 saturated carbocycles. The number of carbonyl (C=O) groups excluding carboxylic acids is 2. The van der Waals surface area contributed by atoms with E-state index in [1.54, 1.807) is 11.1 Å². The highest BCUT2D eigenvalue weighted by molar-refractivity contribution is 5.85. The van der Waals surface area contributed by atoms with Gasteiger partial charge in [0.1, 0.15) is 0 Å². The summed E-state index contributed by atoms with van der Waals surface area (Å²) in [4.78, 5) is 34.9. The number of rotatable bonds is 6. The molecule has 5 heteroatoms. The van der Waals surface area contributed by atoms with Crippen molar-refractivity contribution >= 4 is 11.8 Å². The fourth-order valence-corrected chi connectivity index (χ4v) is 5.82. The predicted octanol–water partition coefficient (Wildman–Crippen LogP) is 4.96. The molecule has 1 unspecified atom stereocenters. The number of likely N-dealkylation sites (tertiary alicyclic amines) is 1. The molecule has 2 aliphatic rings.